The Morgan fingerprint density at radius 2 is 2.00 bits per heavy atom. The van der Waals surface area contributed by atoms with Crippen LogP contribution in [0.25, 0.3) is 0 Å². The van der Waals surface area contributed by atoms with Crippen LogP contribution < -0.4 is 5.73 Å². The number of hydrogen-bond donors (Lipinski definition) is 1. The van der Waals surface area contributed by atoms with Gasteiger partial charge in [0.1, 0.15) is 6.10 Å². The first-order valence-corrected chi connectivity index (χ1v) is 9.44. The van der Waals surface area contributed by atoms with Crippen LogP contribution in [0.2, 0.25) is 0 Å². The number of carbonyl (C=O) groups excluding carboxylic acids is 1. The number of hydrogen-bond acceptors (Lipinski definition) is 5. The SMILES string of the molecule is CCN(CC)CCN(Cc1cccs1)C(=O)[C@@H]1CC[C@H](CN)O1.Cl.Cl. The van der Waals surface area contributed by atoms with Gasteiger partial charge in [-0.2, -0.15) is 0 Å². The normalized spacial score (nSPS) is 19.4. The molecule has 0 spiro atoms. The minimum Gasteiger partial charge on any atom is -0.364 e. The minimum atomic E-state index is -0.319. The first-order chi connectivity index (χ1) is 11.2. The number of halogens is 2. The molecule has 1 saturated heterocycles. The Kier molecular flexibility index (Phi) is 12.7. The van der Waals surface area contributed by atoms with E-state index in [0.29, 0.717) is 13.1 Å². The highest BCUT2D eigenvalue weighted by atomic mass is 35.5. The molecule has 0 bridgehead atoms. The first kappa shape index (κ1) is 24.6. The van der Waals surface area contributed by atoms with Gasteiger partial charge in [0.25, 0.3) is 5.91 Å². The number of likely N-dealkylation sites (N-methyl/N-ethyl adjacent to an activating group) is 1. The van der Waals surface area contributed by atoms with E-state index in [1.807, 2.05) is 11.0 Å². The molecule has 2 atom stereocenters. The van der Waals surface area contributed by atoms with Crippen molar-refractivity contribution in [3.8, 4) is 0 Å². The summed E-state index contributed by atoms with van der Waals surface area (Å²) in [4.78, 5) is 18.4. The molecule has 0 saturated carbocycles. The number of nitrogens with two attached hydrogens (primary N) is 1. The summed E-state index contributed by atoms with van der Waals surface area (Å²) in [7, 11) is 0. The molecule has 0 aliphatic carbocycles. The van der Waals surface area contributed by atoms with E-state index >= 15 is 0 Å². The van der Waals surface area contributed by atoms with Crippen molar-refractivity contribution in [2.45, 2.75) is 45.4 Å². The summed E-state index contributed by atoms with van der Waals surface area (Å²) in [6, 6.07) is 4.12. The van der Waals surface area contributed by atoms with Crippen molar-refractivity contribution in [2.24, 2.45) is 5.73 Å². The first-order valence-electron chi connectivity index (χ1n) is 8.56. The van der Waals surface area contributed by atoms with Gasteiger partial charge in [0.15, 0.2) is 0 Å². The van der Waals surface area contributed by atoms with Crippen LogP contribution in [0.5, 0.6) is 0 Å². The predicted octanol–water partition coefficient (Wildman–Crippen LogP) is 2.77. The van der Waals surface area contributed by atoms with Crippen LogP contribution in [0.4, 0.5) is 0 Å². The highest BCUT2D eigenvalue weighted by molar-refractivity contribution is 7.09. The minimum absolute atomic E-state index is 0. The third-order valence-corrected chi connectivity index (χ3v) is 5.33. The lowest BCUT2D eigenvalue weighted by Crippen LogP contribution is -2.43. The Hall–Kier alpha value is -0.370. The lowest BCUT2D eigenvalue weighted by molar-refractivity contribution is -0.143. The molecule has 146 valence electrons. The highest BCUT2D eigenvalue weighted by Gasteiger charge is 2.33. The summed E-state index contributed by atoms with van der Waals surface area (Å²) < 4.78 is 5.81. The van der Waals surface area contributed by atoms with E-state index in [-0.39, 0.29) is 42.9 Å². The summed E-state index contributed by atoms with van der Waals surface area (Å²) in [6.07, 6.45) is 1.39. The number of amides is 1. The second-order valence-electron chi connectivity index (χ2n) is 5.93. The molecule has 0 unspecified atom stereocenters. The van der Waals surface area contributed by atoms with Crippen molar-refractivity contribution in [2.75, 3.05) is 32.7 Å². The fourth-order valence-corrected chi connectivity index (χ4v) is 3.64. The molecule has 1 aliphatic rings. The van der Waals surface area contributed by atoms with Gasteiger partial charge in [-0.25, -0.2) is 0 Å². The van der Waals surface area contributed by atoms with Crippen molar-refractivity contribution in [3.05, 3.63) is 22.4 Å². The molecule has 2 rings (SSSR count). The molecule has 2 N–H and O–H groups in total. The van der Waals surface area contributed by atoms with Gasteiger partial charge >= 0.3 is 0 Å². The lowest BCUT2D eigenvalue weighted by atomic mass is 10.1. The van der Waals surface area contributed by atoms with E-state index in [1.165, 1.54) is 4.88 Å². The van der Waals surface area contributed by atoms with Crippen LogP contribution in [-0.4, -0.2) is 60.6 Å². The zero-order valence-electron chi connectivity index (χ0n) is 15.1. The average Bonchev–Trinajstić information content (AvgIpc) is 3.25. The predicted molar refractivity (Wildman–Crippen MR) is 109 cm³/mol. The molecule has 2 heterocycles. The van der Waals surface area contributed by atoms with Crippen molar-refractivity contribution in [1.82, 2.24) is 9.80 Å². The molecular formula is C17H31Cl2N3O2S. The van der Waals surface area contributed by atoms with Gasteiger partial charge in [-0.15, -0.1) is 36.2 Å². The van der Waals surface area contributed by atoms with Gasteiger partial charge < -0.3 is 20.3 Å². The van der Waals surface area contributed by atoms with Gasteiger partial charge in [0.2, 0.25) is 0 Å². The molecule has 1 aromatic heterocycles. The number of carbonyl (C=O) groups is 1. The Morgan fingerprint density at radius 3 is 2.52 bits per heavy atom. The molecular weight excluding hydrogens is 381 g/mol. The number of nitrogens with zero attached hydrogens (tertiary/aromatic N) is 2. The van der Waals surface area contributed by atoms with Crippen LogP contribution in [0, 0.1) is 0 Å². The molecule has 0 radical (unpaired) electrons. The van der Waals surface area contributed by atoms with E-state index in [1.54, 1.807) is 11.3 Å². The molecule has 1 aliphatic heterocycles. The van der Waals surface area contributed by atoms with Gasteiger partial charge in [0.05, 0.1) is 12.6 Å². The maximum atomic E-state index is 12.9. The van der Waals surface area contributed by atoms with Gasteiger partial charge in [-0.3, -0.25) is 4.79 Å². The second-order valence-corrected chi connectivity index (χ2v) is 6.96. The molecule has 8 heteroatoms. The fourth-order valence-electron chi connectivity index (χ4n) is 2.92. The second kappa shape index (κ2) is 12.9. The maximum absolute atomic E-state index is 12.9. The lowest BCUT2D eigenvalue weighted by Gasteiger charge is -2.28. The Balaban J connectivity index is 0.00000288. The van der Waals surface area contributed by atoms with Crippen molar-refractivity contribution in [1.29, 1.82) is 0 Å². The third-order valence-electron chi connectivity index (χ3n) is 4.46. The van der Waals surface area contributed by atoms with Crippen LogP contribution in [0.1, 0.15) is 31.6 Å². The molecule has 0 aromatic carbocycles. The summed E-state index contributed by atoms with van der Waals surface area (Å²) in [5.41, 5.74) is 5.66. The van der Waals surface area contributed by atoms with E-state index < -0.39 is 0 Å². The van der Waals surface area contributed by atoms with E-state index in [0.717, 1.165) is 39.0 Å². The average molecular weight is 412 g/mol. The number of thiophene rings is 1. The summed E-state index contributed by atoms with van der Waals surface area (Å²) in [6.45, 7) is 9.13. The van der Waals surface area contributed by atoms with Gasteiger partial charge in [0, 0.05) is 24.5 Å². The highest BCUT2D eigenvalue weighted by Crippen LogP contribution is 2.22. The number of rotatable bonds is 9. The summed E-state index contributed by atoms with van der Waals surface area (Å²) in [5, 5.41) is 2.05. The molecule has 1 fully saturated rings. The van der Waals surface area contributed by atoms with Crippen LogP contribution in [0.3, 0.4) is 0 Å². The van der Waals surface area contributed by atoms with E-state index in [4.69, 9.17) is 10.5 Å². The Labute approximate surface area is 167 Å². The smallest absolute Gasteiger partial charge is 0.252 e. The maximum Gasteiger partial charge on any atom is 0.252 e. The topological polar surface area (TPSA) is 58.8 Å². The van der Waals surface area contributed by atoms with Crippen molar-refractivity contribution >= 4 is 42.1 Å². The van der Waals surface area contributed by atoms with Crippen LogP contribution in [0.15, 0.2) is 17.5 Å². The summed E-state index contributed by atoms with van der Waals surface area (Å²) >= 11 is 1.69. The zero-order valence-corrected chi connectivity index (χ0v) is 17.5. The molecule has 5 nitrogen and oxygen atoms in total. The number of ether oxygens (including phenoxy) is 1. The molecule has 1 amide bonds. The van der Waals surface area contributed by atoms with Crippen molar-refractivity contribution < 1.29 is 9.53 Å². The fraction of sp³-hybridized carbons (Fsp3) is 0.706. The van der Waals surface area contributed by atoms with Crippen LogP contribution in [-0.2, 0) is 16.1 Å². The largest absolute Gasteiger partial charge is 0.364 e. The molecule has 1 aromatic rings. The standard InChI is InChI=1S/C17H29N3O2S.2ClH/c1-3-19(4-2)9-10-20(13-15-6-5-11-23-15)17(21)16-8-7-14(12-18)22-16;;/h5-6,11,14,16H,3-4,7-10,12-13,18H2,1-2H3;2*1H/t14-,16+;;/m1../s1. The van der Waals surface area contributed by atoms with Crippen molar-refractivity contribution in [3.63, 3.8) is 0 Å². The van der Waals surface area contributed by atoms with Gasteiger partial charge in [-0.1, -0.05) is 19.9 Å². The third kappa shape index (κ3) is 7.41. The van der Waals surface area contributed by atoms with E-state index in [2.05, 4.69) is 30.2 Å². The Bertz CT molecular complexity index is 472. The summed E-state index contributed by atoms with van der Waals surface area (Å²) in [5.74, 6) is 0.113. The monoisotopic (exact) mass is 411 g/mol. The quantitative estimate of drug-likeness (QED) is 0.678. The Morgan fingerprint density at radius 1 is 1.28 bits per heavy atom. The van der Waals surface area contributed by atoms with Crippen LogP contribution >= 0.6 is 36.2 Å². The zero-order chi connectivity index (χ0) is 16.7. The van der Waals surface area contributed by atoms with E-state index in [9.17, 15) is 4.79 Å². The van der Waals surface area contributed by atoms with Gasteiger partial charge in [-0.05, 0) is 37.4 Å². The molecule has 25 heavy (non-hydrogen) atoms.